The van der Waals surface area contributed by atoms with Crippen LogP contribution in [0.5, 0.6) is 0 Å². The van der Waals surface area contributed by atoms with Crippen LogP contribution in [0.25, 0.3) is 11.6 Å². The minimum atomic E-state index is -0.460. The zero-order valence-electron chi connectivity index (χ0n) is 15.3. The Bertz CT molecular complexity index is 1070. The monoisotopic (exact) mass is 349 g/mol. The van der Waals surface area contributed by atoms with Crippen LogP contribution in [-0.2, 0) is 23.7 Å². The second-order valence-electron chi connectivity index (χ2n) is 8.22. The van der Waals surface area contributed by atoms with E-state index in [2.05, 4.69) is 23.2 Å². The summed E-state index contributed by atoms with van der Waals surface area (Å²) in [5.41, 5.74) is 2.06. The predicted molar refractivity (Wildman–Crippen MR) is 90.8 cm³/mol. The summed E-state index contributed by atoms with van der Waals surface area (Å²) in [6.45, 7) is 5.89. The highest BCUT2D eigenvalue weighted by Gasteiger charge is 2.78. The number of allylic oxidation sites excluding steroid dienone is 2. The summed E-state index contributed by atoms with van der Waals surface area (Å²) < 4.78 is 7.44. The van der Waals surface area contributed by atoms with E-state index in [0.29, 0.717) is 11.8 Å². The zero-order chi connectivity index (χ0) is 18.5. The standard InChI is InChI=1S/C19H19N5O2/c1-10-21-22-16(26-10)13-12-5-6-19-9-18(19,3)15(25)11(8-20)7-17(19,2)14(12)23-24(13)4/h7H,5-6,9H2,1-4H3/t17-,18?,19+/m1/s1. The molecule has 0 N–H and O–H groups in total. The lowest BCUT2D eigenvalue weighted by molar-refractivity contribution is -0.122. The smallest absolute Gasteiger partial charge is 0.266 e. The van der Waals surface area contributed by atoms with E-state index in [9.17, 15) is 10.1 Å². The number of fused-ring (bicyclic) bond motifs is 2. The number of nitriles is 1. The molecule has 1 unspecified atom stereocenters. The van der Waals surface area contributed by atoms with Gasteiger partial charge in [0.15, 0.2) is 5.78 Å². The van der Waals surface area contributed by atoms with Crippen LogP contribution in [0, 0.1) is 29.1 Å². The van der Waals surface area contributed by atoms with Crippen molar-refractivity contribution in [3.05, 3.63) is 28.8 Å². The van der Waals surface area contributed by atoms with Gasteiger partial charge in [0.25, 0.3) is 5.89 Å². The molecule has 26 heavy (non-hydrogen) atoms. The number of carbonyl (C=O) groups excluding carboxylic acids is 1. The molecule has 3 aliphatic rings. The van der Waals surface area contributed by atoms with Gasteiger partial charge in [-0.2, -0.15) is 10.4 Å². The van der Waals surface area contributed by atoms with Crippen LogP contribution in [0.15, 0.2) is 16.1 Å². The van der Waals surface area contributed by atoms with Crippen LogP contribution in [0.1, 0.15) is 43.8 Å². The van der Waals surface area contributed by atoms with E-state index >= 15 is 0 Å². The number of hydrogen-bond donors (Lipinski definition) is 0. The quantitative estimate of drug-likeness (QED) is 0.784. The molecule has 0 amide bonds. The van der Waals surface area contributed by atoms with E-state index in [0.717, 1.165) is 36.2 Å². The van der Waals surface area contributed by atoms with Gasteiger partial charge in [-0.3, -0.25) is 9.48 Å². The maximum absolute atomic E-state index is 12.8. The molecule has 7 nitrogen and oxygen atoms in total. The van der Waals surface area contributed by atoms with E-state index in [1.807, 2.05) is 20.0 Å². The summed E-state index contributed by atoms with van der Waals surface area (Å²) in [5, 5.41) is 22.4. The number of rotatable bonds is 1. The van der Waals surface area contributed by atoms with Crippen molar-refractivity contribution in [2.45, 2.75) is 45.4 Å². The summed E-state index contributed by atoms with van der Waals surface area (Å²) in [6, 6.07) is 2.11. The number of aromatic nitrogens is 4. The zero-order valence-corrected chi connectivity index (χ0v) is 15.3. The van der Waals surface area contributed by atoms with Crippen LogP contribution in [-0.4, -0.2) is 25.8 Å². The van der Waals surface area contributed by atoms with Gasteiger partial charge < -0.3 is 4.42 Å². The van der Waals surface area contributed by atoms with Crippen molar-refractivity contribution in [3.8, 4) is 17.7 Å². The Balaban J connectivity index is 1.77. The van der Waals surface area contributed by atoms with Crippen molar-refractivity contribution in [1.82, 2.24) is 20.0 Å². The number of ketones is 1. The number of Topliss-reactive ketones (excluding diaryl/α,β-unsaturated/α-hetero) is 1. The van der Waals surface area contributed by atoms with Gasteiger partial charge >= 0.3 is 0 Å². The van der Waals surface area contributed by atoms with Crippen molar-refractivity contribution in [2.24, 2.45) is 17.9 Å². The molecular formula is C19H19N5O2. The Morgan fingerprint density at radius 3 is 2.77 bits per heavy atom. The van der Waals surface area contributed by atoms with E-state index in [1.54, 1.807) is 11.6 Å². The fourth-order valence-electron chi connectivity index (χ4n) is 5.63. The first-order chi connectivity index (χ1) is 12.3. The molecule has 0 aliphatic heterocycles. The van der Waals surface area contributed by atoms with Crippen molar-refractivity contribution in [1.29, 1.82) is 5.26 Å². The van der Waals surface area contributed by atoms with Gasteiger partial charge in [0.2, 0.25) is 5.89 Å². The second-order valence-corrected chi connectivity index (χ2v) is 8.22. The molecule has 1 spiro atoms. The number of hydrogen-bond acceptors (Lipinski definition) is 6. The molecule has 1 fully saturated rings. The lowest BCUT2D eigenvalue weighted by Crippen LogP contribution is -2.45. The highest BCUT2D eigenvalue weighted by atomic mass is 16.4. The van der Waals surface area contributed by atoms with Crippen molar-refractivity contribution in [3.63, 3.8) is 0 Å². The first-order valence-corrected chi connectivity index (χ1v) is 8.82. The molecular weight excluding hydrogens is 330 g/mol. The summed E-state index contributed by atoms with van der Waals surface area (Å²) in [5.74, 6) is 0.968. The molecule has 2 aromatic rings. The third-order valence-corrected chi connectivity index (χ3v) is 7.05. The highest BCUT2D eigenvalue weighted by molar-refractivity contribution is 6.07. The minimum absolute atomic E-state index is 0.00962. The molecule has 3 aliphatic carbocycles. The third kappa shape index (κ3) is 1.46. The van der Waals surface area contributed by atoms with Crippen molar-refractivity contribution in [2.75, 3.05) is 0 Å². The largest absolute Gasteiger partial charge is 0.420 e. The van der Waals surface area contributed by atoms with Crippen LogP contribution >= 0.6 is 0 Å². The van der Waals surface area contributed by atoms with Gasteiger partial charge in [0.1, 0.15) is 11.8 Å². The summed E-state index contributed by atoms with van der Waals surface area (Å²) in [4.78, 5) is 12.8. The number of carbonyl (C=O) groups is 1. The molecule has 0 bridgehead atoms. The average Bonchev–Trinajstić information content (AvgIpc) is 2.88. The second kappa shape index (κ2) is 4.32. The Hall–Kier alpha value is -2.75. The lowest BCUT2D eigenvalue weighted by atomic mass is 9.57. The van der Waals surface area contributed by atoms with E-state index in [4.69, 9.17) is 9.52 Å². The Morgan fingerprint density at radius 2 is 2.12 bits per heavy atom. The summed E-state index contributed by atoms with van der Waals surface area (Å²) in [6.07, 6.45) is 4.37. The Kier molecular flexibility index (Phi) is 2.57. The van der Waals surface area contributed by atoms with Crippen molar-refractivity contribution >= 4 is 5.78 Å². The van der Waals surface area contributed by atoms with E-state index < -0.39 is 10.8 Å². The minimum Gasteiger partial charge on any atom is -0.420 e. The third-order valence-electron chi connectivity index (χ3n) is 7.05. The predicted octanol–water partition coefficient (Wildman–Crippen LogP) is 2.41. The topological polar surface area (TPSA) is 97.6 Å². The maximum atomic E-state index is 12.8. The van der Waals surface area contributed by atoms with Gasteiger partial charge in [0.05, 0.1) is 11.3 Å². The first-order valence-electron chi connectivity index (χ1n) is 8.82. The molecule has 7 heteroatoms. The Morgan fingerprint density at radius 1 is 1.35 bits per heavy atom. The van der Waals surface area contributed by atoms with Gasteiger partial charge in [-0.15, -0.1) is 10.2 Å². The van der Waals surface area contributed by atoms with Crippen LogP contribution in [0.4, 0.5) is 0 Å². The highest BCUT2D eigenvalue weighted by Crippen LogP contribution is 2.78. The summed E-state index contributed by atoms with van der Waals surface area (Å²) in [7, 11) is 1.87. The van der Waals surface area contributed by atoms with E-state index in [1.165, 1.54) is 0 Å². The molecule has 0 saturated heterocycles. The fraction of sp³-hybridized carbons (Fsp3) is 0.526. The van der Waals surface area contributed by atoms with Gasteiger partial charge in [-0.05, 0) is 31.6 Å². The molecule has 0 radical (unpaired) electrons. The average molecular weight is 349 g/mol. The molecule has 132 valence electrons. The molecule has 5 rings (SSSR count). The number of aryl methyl sites for hydroxylation is 2. The maximum Gasteiger partial charge on any atom is 0.266 e. The Labute approximate surface area is 150 Å². The summed E-state index contributed by atoms with van der Waals surface area (Å²) >= 11 is 0. The van der Waals surface area contributed by atoms with Crippen LogP contribution < -0.4 is 0 Å². The van der Waals surface area contributed by atoms with Crippen molar-refractivity contribution < 1.29 is 9.21 Å². The van der Waals surface area contributed by atoms with E-state index in [-0.39, 0.29) is 16.8 Å². The van der Waals surface area contributed by atoms with Gasteiger partial charge in [-0.1, -0.05) is 13.0 Å². The molecule has 2 heterocycles. The molecule has 3 atom stereocenters. The first kappa shape index (κ1) is 15.5. The molecule has 1 saturated carbocycles. The van der Waals surface area contributed by atoms with Crippen LogP contribution in [0.3, 0.4) is 0 Å². The van der Waals surface area contributed by atoms with Gasteiger partial charge in [-0.25, -0.2) is 0 Å². The fourth-order valence-corrected chi connectivity index (χ4v) is 5.63. The number of nitrogens with zero attached hydrogens (tertiary/aromatic N) is 5. The normalized spacial score (nSPS) is 34.4. The van der Waals surface area contributed by atoms with Crippen LogP contribution in [0.2, 0.25) is 0 Å². The lowest BCUT2D eigenvalue weighted by Gasteiger charge is -2.44. The SMILES string of the molecule is Cc1nnc(-c2c3c(nn2C)[C@@]2(C)C=C(C#N)C(=O)C4(C)C[C@]42CC3)o1. The molecule has 2 aromatic heterocycles. The molecule has 0 aromatic carbocycles. The van der Waals surface area contributed by atoms with Gasteiger partial charge in [0, 0.05) is 30.4 Å².